The number of carbonyl (C=O) groups excluding carboxylic acids is 1. The van der Waals surface area contributed by atoms with Crippen LogP contribution in [0.3, 0.4) is 0 Å². The third kappa shape index (κ3) is 2.86. The fraction of sp³-hybridized carbons (Fsp3) is 0.333. The van der Waals surface area contributed by atoms with E-state index in [1.54, 1.807) is 0 Å². The van der Waals surface area contributed by atoms with E-state index in [1.807, 2.05) is 51.1 Å². The van der Waals surface area contributed by atoms with Gasteiger partial charge in [-0.15, -0.1) is 0 Å². The predicted molar refractivity (Wildman–Crippen MR) is 89.4 cm³/mol. The lowest BCUT2D eigenvalue weighted by Crippen LogP contribution is -2.17. The van der Waals surface area contributed by atoms with Crippen LogP contribution in [-0.4, -0.2) is 10.9 Å². The summed E-state index contributed by atoms with van der Waals surface area (Å²) in [4.78, 5) is 16.9. The molecule has 0 saturated heterocycles. The zero-order valence-electron chi connectivity index (χ0n) is 13.0. The number of amides is 1. The minimum absolute atomic E-state index is 0.00000283. The largest absolute Gasteiger partial charge is 0.324 e. The van der Waals surface area contributed by atoms with Crippen molar-refractivity contribution < 1.29 is 4.79 Å². The van der Waals surface area contributed by atoms with E-state index >= 15 is 0 Å². The summed E-state index contributed by atoms with van der Waals surface area (Å²) in [6.45, 7) is 5.88. The van der Waals surface area contributed by atoms with Crippen LogP contribution in [0.1, 0.15) is 34.9 Å². The molecule has 0 spiro atoms. The Morgan fingerprint density at radius 3 is 2.68 bits per heavy atom. The molecular formula is C18H19ClN2O. The summed E-state index contributed by atoms with van der Waals surface area (Å²) in [5.74, 6) is 0.287. The fourth-order valence-corrected chi connectivity index (χ4v) is 3.31. The third-order valence-corrected chi connectivity index (χ3v) is 4.55. The van der Waals surface area contributed by atoms with Gasteiger partial charge >= 0.3 is 0 Å². The lowest BCUT2D eigenvalue weighted by atomic mass is 10.1. The summed E-state index contributed by atoms with van der Waals surface area (Å²) >= 11 is 6.22. The Labute approximate surface area is 135 Å². The summed E-state index contributed by atoms with van der Waals surface area (Å²) in [7, 11) is 0. The summed E-state index contributed by atoms with van der Waals surface area (Å²) < 4.78 is 0. The topological polar surface area (TPSA) is 42.0 Å². The predicted octanol–water partition coefficient (Wildman–Crippen LogP) is 4.40. The second-order valence-corrected chi connectivity index (χ2v) is 6.41. The van der Waals surface area contributed by atoms with Crippen molar-refractivity contribution in [3.05, 3.63) is 57.9 Å². The van der Waals surface area contributed by atoms with Crippen LogP contribution in [0, 0.1) is 26.7 Å². The number of halogens is 1. The van der Waals surface area contributed by atoms with Gasteiger partial charge in [0.2, 0.25) is 5.91 Å². The number of rotatable bonds is 3. The van der Waals surface area contributed by atoms with Crippen molar-refractivity contribution in [2.45, 2.75) is 33.1 Å². The smallest absolute Gasteiger partial charge is 0.228 e. The van der Waals surface area contributed by atoms with E-state index in [2.05, 4.69) is 10.3 Å². The summed E-state index contributed by atoms with van der Waals surface area (Å²) in [5, 5.41) is 3.79. The van der Waals surface area contributed by atoms with Crippen molar-refractivity contribution in [1.29, 1.82) is 0 Å². The zero-order valence-corrected chi connectivity index (χ0v) is 13.7. The molecular weight excluding hydrogens is 296 g/mol. The van der Waals surface area contributed by atoms with Crippen LogP contribution in [0.15, 0.2) is 30.3 Å². The van der Waals surface area contributed by atoms with Crippen molar-refractivity contribution >= 4 is 23.2 Å². The monoisotopic (exact) mass is 314 g/mol. The molecule has 1 fully saturated rings. The van der Waals surface area contributed by atoms with Crippen LogP contribution < -0.4 is 5.32 Å². The first-order chi connectivity index (χ1) is 10.5. The van der Waals surface area contributed by atoms with E-state index in [0.29, 0.717) is 0 Å². The maximum absolute atomic E-state index is 12.5. The Morgan fingerprint density at radius 2 is 2.00 bits per heavy atom. The van der Waals surface area contributed by atoms with Gasteiger partial charge in [-0.2, -0.15) is 0 Å². The van der Waals surface area contributed by atoms with Crippen LogP contribution in [0.2, 0.25) is 5.02 Å². The normalized spacial score (nSPS) is 19.8. The molecule has 1 amide bonds. The average Bonchev–Trinajstić information content (AvgIpc) is 3.23. The minimum atomic E-state index is 0.00000283. The SMILES string of the molecule is Cc1cc(C)c(NC(=O)C2CC2c2ccccc2Cl)c(C)n1. The number of nitrogens with zero attached hydrogens (tertiary/aromatic N) is 1. The van der Waals surface area contributed by atoms with E-state index in [0.717, 1.165) is 39.6 Å². The van der Waals surface area contributed by atoms with Gasteiger partial charge in [0.1, 0.15) is 0 Å². The van der Waals surface area contributed by atoms with Gasteiger partial charge in [0.25, 0.3) is 0 Å². The molecule has 0 bridgehead atoms. The molecule has 2 unspecified atom stereocenters. The van der Waals surface area contributed by atoms with Gasteiger partial charge in [-0.3, -0.25) is 9.78 Å². The molecule has 1 aliphatic rings. The van der Waals surface area contributed by atoms with Crippen molar-refractivity contribution in [2.24, 2.45) is 5.92 Å². The van der Waals surface area contributed by atoms with Crippen molar-refractivity contribution in [3.63, 3.8) is 0 Å². The van der Waals surface area contributed by atoms with E-state index in [9.17, 15) is 4.79 Å². The molecule has 2 aromatic rings. The zero-order chi connectivity index (χ0) is 15.9. The molecule has 114 valence electrons. The number of carbonyl (C=O) groups is 1. The first-order valence-electron chi connectivity index (χ1n) is 7.47. The highest BCUT2D eigenvalue weighted by atomic mass is 35.5. The highest BCUT2D eigenvalue weighted by Gasteiger charge is 2.44. The van der Waals surface area contributed by atoms with E-state index < -0.39 is 0 Å². The molecule has 2 atom stereocenters. The fourth-order valence-electron chi connectivity index (χ4n) is 3.03. The van der Waals surface area contributed by atoms with Crippen LogP contribution in [0.4, 0.5) is 5.69 Å². The maximum Gasteiger partial charge on any atom is 0.228 e. The maximum atomic E-state index is 12.5. The molecule has 0 radical (unpaired) electrons. The number of aromatic nitrogens is 1. The van der Waals surface area contributed by atoms with Gasteiger partial charge < -0.3 is 5.32 Å². The van der Waals surface area contributed by atoms with Gasteiger partial charge in [-0.25, -0.2) is 0 Å². The lowest BCUT2D eigenvalue weighted by Gasteiger charge is -2.12. The molecule has 4 heteroatoms. The first-order valence-corrected chi connectivity index (χ1v) is 7.85. The minimum Gasteiger partial charge on any atom is -0.324 e. The quantitative estimate of drug-likeness (QED) is 0.912. The first kappa shape index (κ1) is 15.0. The Morgan fingerprint density at radius 1 is 1.27 bits per heavy atom. The number of hydrogen-bond acceptors (Lipinski definition) is 2. The van der Waals surface area contributed by atoms with E-state index in [4.69, 9.17) is 11.6 Å². The highest BCUT2D eigenvalue weighted by Crippen LogP contribution is 2.50. The van der Waals surface area contributed by atoms with Crippen molar-refractivity contribution in [2.75, 3.05) is 5.32 Å². The van der Waals surface area contributed by atoms with Crippen LogP contribution in [0.5, 0.6) is 0 Å². The number of anilines is 1. The molecule has 1 heterocycles. The number of nitrogens with one attached hydrogen (secondary N) is 1. The molecule has 1 N–H and O–H groups in total. The average molecular weight is 315 g/mol. The standard InChI is InChI=1S/C18H19ClN2O/c1-10-8-11(2)20-12(3)17(10)21-18(22)15-9-14(15)13-6-4-5-7-16(13)19/h4-8,14-15H,9H2,1-3H3,(H,21,22). The molecule has 1 saturated carbocycles. The van der Waals surface area contributed by atoms with Crippen LogP contribution in [0.25, 0.3) is 0 Å². The summed E-state index contributed by atoms with van der Waals surface area (Å²) in [5.41, 5.74) is 4.78. The number of aryl methyl sites for hydroxylation is 3. The van der Waals surface area contributed by atoms with Gasteiger partial charge in [-0.05, 0) is 56.4 Å². The molecule has 1 aliphatic carbocycles. The van der Waals surface area contributed by atoms with Crippen LogP contribution >= 0.6 is 11.6 Å². The second-order valence-electron chi connectivity index (χ2n) is 6.00. The van der Waals surface area contributed by atoms with Gasteiger partial charge in [0.15, 0.2) is 0 Å². The Balaban J connectivity index is 1.74. The Bertz CT molecular complexity index is 719. The van der Waals surface area contributed by atoms with Crippen LogP contribution in [-0.2, 0) is 4.79 Å². The molecule has 3 rings (SSSR count). The molecule has 22 heavy (non-hydrogen) atoms. The Kier molecular flexibility index (Phi) is 3.92. The second kappa shape index (κ2) is 5.73. The van der Waals surface area contributed by atoms with Gasteiger partial charge in [0, 0.05) is 16.6 Å². The van der Waals surface area contributed by atoms with E-state index in [1.165, 1.54) is 0 Å². The Hall–Kier alpha value is -1.87. The molecule has 1 aromatic heterocycles. The lowest BCUT2D eigenvalue weighted by molar-refractivity contribution is -0.117. The number of pyridine rings is 1. The highest BCUT2D eigenvalue weighted by molar-refractivity contribution is 6.31. The molecule has 0 aliphatic heterocycles. The summed E-state index contributed by atoms with van der Waals surface area (Å²) in [6, 6.07) is 9.74. The number of benzene rings is 1. The number of hydrogen-bond donors (Lipinski definition) is 1. The van der Waals surface area contributed by atoms with E-state index in [-0.39, 0.29) is 17.7 Å². The summed E-state index contributed by atoms with van der Waals surface area (Å²) in [6.07, 6.45) is 0.854. The van der Waals surface area contributed by atoms with Gasteiger partial charge in [-0.1, -0.05) is 29.8 Å². The molecule has 1 aromatic carbocycles. The molecule has 3 nitrogen and oxygen atoms in total. The van der Waals surface area contributed by atoms with Crippen molar-refractivity contribution in [1.82, 2.24) is 4.98 Å². The van der Waals surface area contributed by atoms with Gasteiger partial charge in [0.05, 0.1) is 11.4 Å². The van der Waals surface area contributed by atoms with Crippen molar-refractivity contribution in [3.8, 4) is 0 Å². The third-order valence-electron chi connectivity index (χ3n) is 4.21.